The first-order valence-corrected chi connectivity index (χ1v) is 6.08. The van der Waals surface area contributed by atoms with Gasteiger partial charge in [0.05, 0.1) is 18.8 Å². The smallest absolute Gasteiger partial charge is 0.155 e. The van der Waals surface area contributed by atoms with Gasteiger partial charge in [-0.2, -0.15) is 0 Å². The highest BCUT2D eigenvalue weighted by atomic mass is 35.5. The zero-order valence-electron chi connectivity index (χ0n) is 10.2. The molecule has 2 aromatic heterocycles. The van der Waals surface area contributed by atoms with Gasteiger partial charge in [-0.15, -0.1) is 0 Å². The van der Waals surface area contributed by atoms with Gasteiger partial charge in [-0.1, -0.05) is 23.7 Å². The number of rotatable bonds is 2. The van der Waals surface area contributed by atoms with Gasteiger partial charge in [-0.05, 0) is 24.3 Å². The van der Waals surface area contributed by atoms with Gasteiger partial charge >= 0.3 is 0 Å². The van der Waals surface area contributed by atoms with Crippen LogP contribution in [-0.2, 0) is 0 Å². The lowest BCUT2D eigenvalue weighted by atomic mass is 10.2. The van der Waals surface area contributed by atoms with Crippen molar-refractivity contribution in [3.63, 3.8) is 0 Å². The second kappa shape index (κ2) is 4.48. The van der Waals surface area contributed by atoms with E-state index in [9.17, 15) is 5.11 Å². The number of aromatic hydroxyl groups is 1. The topological polar surface area (TPSA) is 46.8 Å². The van der Waals surface area contributed by atoms with Crippen molar-refractivity contribution in [2.45, 2.75) is 0 Å². The second-order valence-electron chi connectivity index (χ2n) is 4.10. The third-order valence-corrected chi connectivity index (χ3v) is 3.18. The number of halogens is 1. The lowest BCUT2D eigenvalue weighted by molar-refractivity contribution is 0.415. The second-order valence-corrected chi connectivity index (χ2v) is 4.46. The SMILES string of the molecule is COc1cccc(-c2nc(Cl)c3ccc(O)cn23)c1. The molecule has 0 saturated heterocycles. The Morgan fingerprint density at radius 3 is 2.89 bits per heavy atom. The lowest BCUT2D eigenvalue weighted by Crippen LogP contribution is -1.90. The van der Waals surface area contributed by atoms with Crippen molar-refractivity contribution in [3.8, 4) is 22.9 Å². The van der Waals surface area contributed by atoms with Crippen molar-refractivity contribution in [1.29, 1.82) is 0 Å². The molecular formula is C14H11ClN2O2. The minimum atomic E-state index is 0.158. The molecule has 0 radical (unpaired) electrons. The third-order valence-electron chi connectivity index (χ3n) is 2.90. The molecule has 0 bridgehead atoms. The summed E-state index contributed by atoms with van der Waals surface area (Å²) in [7, 11) is 1.61. The average Bonchev–Trinajstić information content (AvgIpc) is 2.75. The molecular weight excluding hydrogens is 264 g/mol. The van der Waals surface area contributed by atoms with Crippen molar-refractivity contribution in [3.05, 3.63) is 47.7 Å². The Kier molecular flexibility index (Phi) is 2.80. The fourth-order valence-electron chi connectivity index (χ4n) is 2.00. The van der Waals surface area contributed by atoms with Gasteiger partial charge in [0.2, 0.25) is 0 Å². The number of benzene rings is 1. The van der Waals surface area contributed by atoms with Crippen molar-refractivity contribution < 1.29 is 9.84 Å². The first-order valence-electron chi connectivity index (χ1n) is 5.70. The van der Waals surface area contributed by atoms with Gasteiger partial charge < -0.3 is 9.84 Å². The molecule has 19 heavy (non-hydrogen) atoms. The van der Waals surface area contributed by atoms with Crippen LogP contribution in [-0.4, -0.2) is 21.6 Å². The summed E-state index contributed by atoms with van der Waals surface area (Å²) < 4.78 is 6.96. The van der Waals surface area contributed by atoms with Gasteiger partial charge in [0.15, 0.2) is 5.15 Å². The molecule has 0 atom stereocenters. The summed E-state index contributed by atoms with van der Waals surface area (Å²) >= 11 is 6.11. The van der Waals surface area contributed by atoms with E-state index in [1.165, 1.54) is 0 Å². The first-order chi connectivity index (χ1) is 9.19. The van der Waals surface area contributed by atoms with E-state index in [0.29, 0.717) is 11.0 Å². The number of fused-ring (bicyclic) bond motifs is 1. The molecule has 3 rings (SSSR count). The summed E-state index contributed by atoms with van der Waals surface area (Å²) in [5, 5.41) is 10.00. The Morgan fingerprint density at radius 2 is 2.11 bits per heavy atom. The molecule has 1 aromatic carbocycles. The largest absolute Gasteiger partial charge is 0.506 e. The summed E-state index contributed by atoms with van der Waals surface area (Å²) in [6.07, 6.45) is 1.59. The predicted octanol–water partition coefficient (Wildman–Crippen LogP) is 3.37. The van der Waals surface area contributed by atoms with Gasteiger partial charge in [0.25, 0.3) is 0 Å². The molecule has 0 unspecified atom stereocenters. The summed E-state index contributed by atoms with van der Waals surface area (Å²) in [5.41, 5.74) is 1.61. The standard InChI is InChI=1S/C14H11ClN2O2/c1-19-11-4-2-3-9(7-11)14-16-13(15)12-6-5-10(18)8-17(12)14/h2-8,18H,1H3. The van der Waals surface area contributed by atoms with E-state index in [-0.39, 0.29) is 5.75 Å². The molecule has 0 fully saturated rings. The Morgan fingerprint density at radius 1 is 1.26 bits per heavy atom. The Balaban J connectivity index is 2.26. The summed E-state index contributed by atoms with van der Waals surface area (Å²) in [4.78, 5) is 4.34. The molecule has 2 heterocycles. The maximum absolute atomic E-state index is 9.60. The van der Waals surface area contributed by atoms with E-state index in [0.717, 1.165) is 16.8 Å². The highest BCUT2D eigenvalue weighted by Crippen LogP contribution is 2.29. The van der Waals surface area contributed by atoms with Crippen LogP contribution in [0.25, 0.3) is 16.9 Å². The van der Waals surface area contributed by atoms with E-state index in [2.05, 4.69) is 4.98 Å². The molecule has 0 aliphatic rings. The predicted molar refractivity (Wildman–Crippen MR) is 73.9 cm³/mol. The number of imidazole rings is 1. The lowest BCUT2D eigenvalue weighted by Gasteiger charge is -2.04. The number of hydrogen-bond acceptors (Lipinski definition) is 3. The quantitative estimate of drug-likeness (QED) is 0.779. The van der Waals surface area contributed by atoms with E-state index < -0.39 is 0 Å². The van der Waals surface area contributed by atoms with E-state index in [1.807, 2.05) is 24.3 Å². The van der Waals surface area contributed by atoms with Gasteiger partial charge in [-0.3, -0.25) is 4.40 Å². The number of methoxy groups -OCH3 is 1. The molecule has 1 N–H and O–H groups in total. The van der Waals surface area contributed by atoms with Gasteiger partial charge in [-0.25, -0.2) is 4.98 Å². The van der Waals surface area contributed by atoms with E-state index >= 15 is 0 Å². The Labute approximate surface area is 114 Å². The van der Waals surface area contributed by atoms with Gasteiger partial charge in [0, 0.05) is 5.56 Å². The molecule has 0 amide bonds. The number of pyridine rings is 1. The maximum atomic E-state index is 9.60. The third kappa shape index (κ3) is 2.00. The zero-order chi connectivity index (χ0) is 13.4. The number of ether oxygens (including phenoxy) is 1. The number of nitrogens with zero attached hydrogens (tertiary/aromatic N) is 2. The van der Waals surface area contributed by atoms with Crippen molar-refractivity contribution in [2.24, 2.45) is 0 Å². The normalized spacial score (nSPS) is 10.8. The molecule has 5 heteroatoms. The summed E-state index contributed by atoms with van der Waals surface area (Å²) in [6, 6.07) is 10.8. The molecule has 4 nitrogen and oxygen atoms in total. The van der Waals surface area contributed by atoms with Crippen LogP contribution in [0.2, 0.25) is 5.15 Å². The Bertz CT molecular complexity index is 752. The highest BCUT2D eigenvalue weighted by molar-refractivity contribution is 6.32. The van der Waals surface area contributed by atoms with Gasteiger partial charge in [0.1, 0.15) is 17.3 Å². The number of aromatic nitrogens is 2. The molecule has 96 valence electrons. The van der Waals surface area contributed by atoms with Crippen molar-refractivity contribution in [2.75, 3.05) is 7.11 Å². The molecule has 0 spiro atoms. The van der Waals surface area contributed by atoms with Crippen LogP contribution in [0.1, 0.15) is 0 Å². The van der Waals surface area contributed by atoms with Crippen LogP contribution in [0.3, 0.4) is 0 Å². The van der Waals surface area contributed by atoms with Crippen LogP contribution in [0.4, 0.5) is 0 Å². The van der Waals surface area contributed by atoms with Crippen molar-refractivity contribution >= 4 is 17.1 Å². The fraction of sp³-hybridized carbons (Fsp3) is 0.0714. The minimum absolute atomic E-state index is 0.158. The minimum Gasteiger partial charge on any atom is -0.506 e. The molecule has 0 aliphatic heterocycles. The molecule has 3 aromatic rings. The molecule has 0 saturated carbocycles. The Hall–Kier alpha value is -2.20. The van der Waals surface area contributed by atoms with E-state index in [4.69, 9.17) is 16.3 Å². The summed E-state index contributed by atoms with van der Waals surface area (Å²) in [5.74, 6) is 1.56. The fourth-order valence-corrected chi connectivity index (χ4v) is 2.24. The zero-order valence-corrected chi connectivity index (χ0v) is 10.9. The van der Waals surface area contributed by atoms with Crippen LogP contribution >= 0.6 is 11.6 Å². The average molecular weight is 275 g/mol. The summed E-state index contributed by atoms with van der Waals surface area (Å²) in [6.45, 7) is 0. The first kappa shape index (κ1) is 11.9. The maximum Gasteiger partial charge on any atom is 0.155 e. The highest BCUT2D eigenvalue weighted by Gasteiger charge is 2.12. The number of hydrogen-bond donors (Lipinski definition) is 1. The van der Waals surface area contributed by atoms with Crippen molar-refractivity contribution in [1.82, 2.24) is 9.38 Å². The van der Waals surface area contributed by atoms with Crippen LogP contribution in [0.5, 0.6) is 11.5 Å². The van der Waals surface area contributed by atoms with Crippen LogP contribution < -0.4 is 4.74 Å². The van der Waals surface area contributed by atoms with Crippen LogP contribution in [0, 0.1) is 0 Å². The van der Waals surface area contributed by atoms with Crippen LogP contribution in [0.15, 0.2) is 42.6 Å². The van der Waals surface area contributed by atoms with E-state index in [1.54, 1.807) is 29.8 Å². The monoisotopic (exact) mass is 274 g/mol. The molecule has 0 aliphatic carbocycles.